The first kappa shape index (κ1) is 19.8. The van der Waals surface area contributed by atoms with Crippen molar-refractivity contribution in [1.29, 1.82) is 5.26 Å². The van der Waals surface area contributed by atoms with Crippen molar-refractivity contribution in [2.24, 2.45) is 0 Å². The molecule has 0 aliphatic rings. The minimum atomic E-state index is -4.45. The van der Waals surface area contributed by atoms with Gasteiger partial charge in [0.25, 0.3) is 0 Å². The molecule has 0 spiro atoms. The van der Waals surface area contributed by atoms with Gasteiger partial charge in [0, 0.05) is 10.6 Å². The van der Waals surface area contributed by atoms with Crippen molar-refractivity contribution in [2.45, 2.75) is 26.6 Å². The minimum Gasteiger partial charge on any atom is -0.325 e. The number of hydrogen-bond acceptors (Lipinski definition) is 5. The van der Waals surface area contributed by atoms with Crippen molar-refractivity contribution in [3.05, 3.63) is 48.5 Å². The summed E-state index contributed by atoms with van der Waals surface area (Å²) in [4.78, 5) is 11.0. The molecule has 0 aromatic heterocycles. The average Bonchev–Trinajstić information content (AvgIpc) is 2.54. The molecule has 2 rings (SSSR count). The van der Waals surface area contributed by atoms with Crippen LogP contribution in [0.3, 0.4) is 0 Å². The molecule has 0 saturated heterocycles. The highest BCUT2D eigenvalue weighted by molar-refractivity contribution is 8.00. The van der Waals surface area contributed by atoms with Crippen LogP contribution in [0.15, 0.2) is 63.2 Å². The second kappa shape index (κ2) is 7.80. The van der Waals surface area contributed by atoms with Crippen LogP contribution in [-0.4, -0.2) is 19.8 Å². The summed E-state index contributed by atoms with van der Waals surface area (Å²) in [6, 6.07) is 11.3. The van der Waals surface area contributed by atoms with Crippen molar-refractivity contribution in [2.75, 3.05) is 5.32 Å². The van der Waals surface area contributed by atoms with Gasteiger partial charge < -0.3 is 5.32 Å². The Labute approximate surface area is 151 Å². The number of nitriles is 1. The molecular formula is C16H11F3N2O3S2. The van der Waals surface area contributed by atoms with E-state index in [-0.39, 0.29) is 32.9 Å². The van der Waals surface area contributed by atoms with Gasteiger partial charge in [0.15, 0.2) is 0 Å². The molecule has 2 aromatic carbocycles. The minimum absolute atomic E-state index is 0.0768. The number of hydrogen-bond donors (Lipinski definition) is 1. The molecule has 2 aromatic rings. The molecule has 0 atom stereocenters. The molecular weight excluding hydrogens is 389 g/mol. The average molecular weight is 400 g/mol. The van der Waals surface area contributed by atoms with Gasteiger partial charge in [-0.2, -0.15) is 18.4 Å². The Kier molecular flexibility index (Phi) is 5.94. The molecule has 0 bridgehead atoms. The summed E-state index contributed by atoms with van der Waals surface area (Å²) in [7, 11) is -3.91. The maximum atomic E-state index is 12.5. The number of amides is 1. The normalized spacial score (nSPS) is 11.6. The fourth-order valence-electron chi connectivity index (χ4n) is 1.95. The molecule has 1 N–H and O–H groups in total. The van der Waals surface area contributed by atoms with Gasteiger partial charge in [-0.05, 0) is 60.3 Å². The number of sulfone groups is 1. The third-order valence-corrected chi connectivity index (χ3v) is 5.58. The van der Waals surface area contributed by atoms with E-state index in [0.717, 1.165) is 24.3 Å². The third kappa shape index (κ3) is 5.24. The predicted molar refractivity (Wildman–Crippen MR) is 89.1 cm³/mol. The molecule has 26 heavy (non-hydrogen) atoms. The highest BCUT2D eigenvalue weighted by atomic mass is 32.2. The number of halogens is 3. The maximum absolute atomic E-state index is 12.5. The number of nitrogens with one attached hydrogen (secondary N) is 1. The molecule has 0 heterocycles. The predicted octanol–water partition coefficient (Wildman–Crippen LogP) is 3.98. The van der Waals surface area contributed by atoms with E-state index < -0.39 is 21.3 Å². The fraction of sp³-hybridized carbons (Fsp3) is 0.125. The molecule has 136 valence electrons. The Morgan fingerprint density at radius 3 is 2.00 bits per heavy atom. The number of carbonyl (C=O) groups is 1. The molecule has 0 saturated carbocycles. The lowest BCUT2D eigenvalue weighted by atomic mass is 10.3. The van der Waals surface area contributed by atoms with E-state index in [1.807, 2.05) is 0 Å². The van der Waals surface area contributed by atoms with Crippen molar-refractivity contribution in [3.63, 3.8) is 0 Å². The van der Waals surface area contributed by atoms with Crippen LogP contribution in [0.1, 0.15) is 6.42 Å². The summed E-state index contributed by atoms with van der Waals surface area (Å²) in [5.41, 5.74) is -4.13. The van der Waals surface area contributed by atoms with Gasteiger partial charge >= 0.3 is 5.51 Å². The van der Waals surface area contributed by atoms with E-state index in [9.17, 15) is 26.4 Å². The second-order valence-corrected chi connectivity index (χ2v) is 8.02. The van der Waals surface area contributed by atoms with Gasteiger partial charge in [0.1, 0.15) is 6.42 Å². The molecule has 10 heteroatoms. The van der Waals surface area contributed by atoms with Crippen LogP contribution in [-0.2, 0) is 14.6 Å². The van der Waals surface area contributed by atoms with Crippen molar-refractivity contribution in [3.8, 4) is 6.07 Å². The van der Waals surface area contributed by atoms with Gasteiger partial charge in [-0.15, -0.1) is 0 Å². The van der Waals surface area contributed by atoms with E-state index in [4.69, 9.17) is 5.26 Å². The first-order chi connectivity index (χ1) is 12.1. The first-order valence-electron chi connectivity index (χ1n) is 6.99. The molecule has 0 unspecified atom stereocenters. The Balaban J connectivity index is 2.19. The summed E-state index contributed by atoms with van der Waals surface area (Å²) >= 11 is -0.330. The van der Waals surface area contributed by atoms with Crippen LogP contribution >= 0.6 is 11.8 Å². The van der Waals surface area contributed by atoms with Crippen molar-refractivity contribution in [1.82, 2.24) is 0 Å². The Hall–Kier alpha value is -2.51. The largest absolute Gasteiger partial charge is 0.446 e. The molecule has 1 amide bonds. The SMILES string of the molecule is N#CCC(=O)Nc1ccc(S(=O)(=O)c2ccc(SC(F)(F)F)cc2)cc1. The third-order valence-electron chi connectivity index (χ3n) is 3.06. The standard InChI is InChI=1S/C16H11F3N2O3S2/c17-16(18,19)25-12-3-7-14(8-4-12)26(23,24)13-5-1-11(2-6-13)21-15(22)9-10-20/h1-8H,9H2,(H,21,22). The second-order valence-electron chi connectivity index (χ2n) is 4.93. The molecule has 0 aliphatic carbocycles. The van der Waals surface area contributed by atoms with E-state index in [2.05, 4.69) is 5.32 Å². The summed E-state index contributed by atoms with van der Waals surface area (Å²) in [6.45, 7) is 0. The van der Waals surface area contributed by atoms with E-state index in [0.29, 0.717) is 5.69 Å². The van der Waals surface area contributed by atoms with Crippen LogP contribution in [0, 0.1) is 11.3 Å². The number of benzene rings is 2. The smallest absolute Gasteiger partial charge is 0.325 e. The van der Waals surface area contributed by atoms with E-state index in [1.165, 1.54) is 24.3 Å². The van der Waals surface area contributed by atoms with Crippen LogP contribution in [0.4, 0.5) is 18.9 Å². The fourth-order valence-corrected chi connectivity index (χ4v) is 3.75. The number of thioether (sulfide) groups is 1. The number of alkyl halides is 3. The zero-order chi connectivity index (χ0) is 19.4. The van der Waals surface area contributed by atoms with Gasteiger partial charge in [0.05, 0.1) is 15.9 Å². The topological polar surface area (TPSA) is 87.0 Å². The van der Waals surface area contributed by atoms with Crippen LogP contribution in [0.2, 0.25) is 0 Å². The molecule has 5 nitrogen and oxygen atoms in total. The number of anilines is 1. The van der Waals surface area contributed by atoms with Gasteiger partial charge in [0.2, 0.25) is 15.7 Å². The lowest BCUT2D eigenvalue weighted by Crippen LogP contribution is -2.10. The lowest BCUT2D eigenvalue weighted by Gasteiger charge is -2.08. The maximum Gasteiger partial charge on any atom is 0.446 e. The quantitative estimate of drug-likeness (QED) is 0.767. The number of nitrogens with zero attached hydrogens (tertiary/aromatic N) is 1. The summed E-state index contributed by atoms with van der Waals surface area (Å²) in [5.74, 6) is -0.527. The monoisotopic (exact) mass is 400 g/mol. The van der Waals surface area contributed by atoms with E-state index >= 15 is 0 Å². The van der Waals surface area contributed by atoms with Gasteiger partial charge in [-0.25, -0.2) is 8.42 Å². The Bertz CT molecular complexity index is 933. The van der Waals surface area contributed by atoms with Crippen LogP contribution in [0.25, 0.3) is 0 Å². The Morgan fingerprint density at radius 1 is 1.04 bits per heavy atom. The van der Waals surface area contributed by atoms with Crippen molar-refractivity contribution >= 4 is 33.2 Å². The highest BCUT2D eigenvalue weighted by Gasteiger charge is 2.29. The van der Waals surface area contributed by atoms with Gasteiger partial charge in [-0.1, -0.05) is 0 Å². The zero-order valence-corrected chi connectivity index (χ0v) is 14.6. The highest BCUT2D eigenvalue weighted by Crippen LogP contribution is 2.37. The summed E-state index contributed by atoms with van der Waals surface area (Å²) in [5, 5.41) is 10.8. The molecule has 0 fully saturated rings. The van der Waals surface area contributed by atoms with Gasteiger partial charge in [-0.3, -0.25) is 4.79 Å². The number of carbonyl (C=O) groups excluding carboxylic acids is 1. The molecule has 0 aliphatic heterocycles. The van der Waals surface area contributed by atoms with E-state index in [1.54, 1.807) is 6.07 Å². The Morgan fingerprint density at radius 2 is 1.54 bits per heavy atom. The van der Waals surface area contributed by atoms with Crippen LogP contribution in [0.5, 0.6) is 0 Å². The summed E-state index contributed by atoms with van der Waals surface area (Å²) in [6.07, 6.45) is -0.331. The zero-order valence-electron chi connectivity index (χ0n) is 12.9. The molecule has 0 radical (unpaired) electrons. The van der Waals surface area contributed by atoms with Crippen molar-refractivity contribution < 1.29 is 26.4 Å². The lowest BCUT2D eigenvalue weighted by molar-refractivity contribution is -0.115. The number of rotatable bonds is 5. The summed E-state index contributed by atoms with van der Waals surface area (Å²) < 4.78 is 62.0. The van der Waals surface area contributed by atoms with Crippen LogP contribution < -0.4 is 5.32 Å². The first-order valence-corrected chi connectivity index (χ1v) is 9.29.